The molecule has 1 atom stereocenters. The fraction of sp³-hybridized carbons (Fsp3) is 0.600. The Labute approximate surface area is 69.7 Å². The molecule has 0 bridgehead atoms. The summed E-state index contributed by atoms with van der Waals surface area (Å²) in [7, 11) is 0. The van der Waals surface area contributed by atoms with Gasteiger partial charge in [-0.1, -0.05) is 18.9 Å². The van der Waals surface area contributed by atoms with E-state index in [0.29, 0.717) is 0 Å². The SMILES string of the molecule is [CH2]C(C#N)CCCCCC=C. The van der Waals surface area contributed by atoms with Crippen molar-refractivity contribution in [3.05, 3.63) is 19.6 Å². The molecule has 0 aliphatic heterocycles. The average molecular weight is 150 g/mol. The molecule has 0 N–H and O–H groups in total. The molecular weight excluding hydrogens is 134 g/mol. The van der Waals surface area contributed by atoms with Crippen LogP contribution >= 0.6 is 0 Å². The molecule has 0 saturated carbocycles. The van der Waals surface area contributed by atoms with Gasteiger partial charge in [-0.15, -0.1) is 6.58 Å². The Kier molecular flexibility index (Phi) is 6.82. The Morgan fingerprint density at radius 2 is 2.09 bits per heavy atom. The van der Waals surface area contributed by atoms with Crippen molar-refractivity contribution in [2.45, 2.75) is 32.1 Å². The molecule has 0 aromatic rings. The van der Waals surface area contributed by atoms with E-state index >= 15 is 0 Å². The number of hydrogen-bond acceptors (Lipinski definition) is 1. The number of hydrogen-bond donors (Lipinski definition) is 0. The summed E-state index contributed by atoms with van der Waals surface area (Å²) in [5.41, 5.74) is 0. The zero-order valence-corrected chi connectivity index (χ0v) is 7.05. The molecule has 0 saturated heterocycles. The van der Waals surface area contributed by atoms with E-state index in [1.54, 1.807) is 0 Å². The lowest BCUT2D eigenvalue weighted by Crippen LogP contribution is -1.89. The molecular formula is C10H16N. The predicted octanol–water partition coefficient (Wildman–Crippen LogP) is 3.10. The van der Waals surface area contributed by atoms with Crippen LogP contribution in [-0.2, 0) is 0 Å². The maximum absolute atomic E-state index is 8.41. The van der Waals surface area contributed by atoms with Crippen LogP contribution < -0.4 is 0 Å². The van der Waals surface area contributed by atoms with Crippen molar-refractivity contribution >= 4 is 0 Å². The fourth-order valence-corrected chi connectivity index (χ4v) is 0.921. The van der Waals surface area contributed by atoms with Crippen molar-refractivity contribution in [3.63, 3.8) is 0 Å². The highest BCUT2D eigenvalue weighted by Crippen LogP contribution is 2.08. The number of rotatable bonds is 6. The summed E-state index contributed by atoms with van der Waals surface area (Å²) in [6.07, 6.45) is 7.48. The first-order valence-corrected chi connectivity index (χ1v) is 4.15. The monoisotopic (exact) mass is 150 g/mol. The first kappa shape index (κ1) is 10.2. The Morgan fingerprint density at radius 1 is 1.36 bits per heavy atom. The van der Waals surface area contributed by atoms with Gasteiger partial charge in [-0.2, -0.15) is 5.26 Å². The predicted molar refractivity (Wildman–Crippen MR) is 47.7 cm³/mol. The average Bonchev–Trinajstić information content (AvgIpc) is 2.04. The molecule has 0 aliphatic rings. The first-order chi connectivity index (χ1) is 5.31. The van der Waals surface area contributed by atoms with Crippen molar-refractivity contribution < 1.29 is 0 Å². The van der Waals surface area contributed by atoms with Gasteiger partial charge in [0.2, 0.25) is 0 Å². The van der Waals surface area contributed by atoms with E-state index in [1.807, 2.05) is 6.08 Å². The van der Waals surface area contributed by atoms with Gasteiger partial charge in [0.1, 0.15) is 0 Å². The second-order valence-corrected chi connectivity index (χ2v) is 2.75. The molecule has 11 heavy (non-hydrogen) atoms. The van der Waals surface area contributed by atoms with Gasteiger partial charge >= 0.3 is 0 Å². The standard InChI is InChI=1S/C10H16N/c1-3-4-5-6-7-8-10(2)9-11/h3,10H,1-2,4-8H2. The van der Waals surface area contributed by atoms with Crippen molar-refractivity contribution in [3.8, 4) is 6.07 Å². The zero-order valence-electron chi connectivity index (χ0n) is 7.05. The third-order valence-electron chi connectivity index (χ3n) is 1.64. The fourth-order valence-electron chi connectivity index (χ4n) is 0.921. The molecule has 0 amide bonds. The number of unbranched alkanes of at least 4 members (excludes halogenated alkanes) is 3. The van der Waals surface area contributed by atoms with E-state index in [9.17, 15) is 0 Å². The molecule has 0 spiro atoms. The van der Waals surface area contributed by atoms with Crippen molar-refractivity contribution in [2.75, 3.05) is 0 Å². The third-order valence-corrected chi connectivity index (χ3v) is 1.64. The Balaban J connectivity index is 3.03. The Hall–Kier alpha value is -0.770. The Morgan fingerprint density at radius 3 is 2.64 bits per heavy atom. The maximum atomic E-state index is 8.41. The summed E-state index contributed by atoms with van der Waals surface area (Å²) in [6.45, 7) is 7.34. The lowest BCUT2D eigenvalue weighted by molar-refractivity contribution is 0.603. The number of allylic oxidation sites excluding steroid dienone is 1. The topological polar surface area (TPSA) is 23.8 Å². The maximum Gasteiger partial charge on any atom is 0.0655 e. The van der Waals surface area contributed by atoms with Gasteiger partial charge in [-0.25, -0.2) is 0 Å². The van der Waals surface area contributed by atoms with E-state index < -0.39 is 0 Å². The molecule has 1 radical (unpaired) electrons. The number of nitriles is 1. The molecule has 1 nitrogen and oxygen atoms in total. The Bertz CT molecular complexity index is 132. The zero-order chi connectivity index (χ0) is 8.53. The van der Waals surface area contributed by atoms with Crippen LogP contribution in [0.4, 0.5) is 0 Å². The summed E-state index contributed by atoms with van der Waals surface area (Å²) in [4.78, 5) is 0. The van der Waals surface area contributed by atoms with Crippen molar-refractivity contribution in [2.24, 2.45) is 5.92 Å². The van der Waals surface area contributed by atoms with Crippen LogP contribution in [0.3, 0.4) is 0 Å². The van der Waals surface area contributed by atoms with Crippen molar-refractivity contribution in [1.29, 1.82) is 5.26 Å². The van der Waals surface area contributed by atoms with Crippen molar-refractivity contribution in [1.82, 2.24) is 0 Å². The van der Waals surface area contributed by atoms with Crippen LogP contribution in [0.15, 0.2) is 12.7 Å². The summed E-state index contributed by atoms with van der Waals surface area (Å²) >= 11 is 0. The van der Waals surface area contributed by atoms with Crippen LogP contribution in [0, 0.1) is 24.2 Å². The molecule has 0 fully saturated rings. The lowest BCUT2D eigenvalue weighted by atomic mass is 10.0. The van der Waals surface area contributed by atoms with E-state index in [-0.39, 0.29) is 5.92 Å². The van der Waals surface area contributed by atoms with E-state index in [1.165, 1.54) is 12.8 Å². The second-order valence-electron chi connectivity index (χ2n) is 2.75. The third kappa shape index (κ3) is 7.12. The molecule has 0 heterocycles. The van der Waals surface area contributed by atoms with E-state index in [0.717, 1.165) is 19.3 Å². The van der Waals surface area contributed by atoms with Gasteiger partial charge in [0.15, 0.2) is 0 Å². The van der Waals surface area contributed by atoms with E-state index in [4.69, 9.17) is 5.26 Å². The molecule has 1 unspecified atom stereocenters. The quantitative estimate of drug-likeness (QED) is 0.421. The number of nitrogens with zero attached hydrogens (tertiary/aromatic N) is 1. The van der Waals surface area contributed by atoms with Crippen LogP contribution in [0.1, 0.15) is 32.1 Å². The summed E-state index contributed by atoms with van der Waals surface area (Å²) in [5, 5.41) is 8.41. The van der Waals surface area contributed by atoms with Gasteiger partial charge in [0.05, 0.1) is 6.07 Å². The summed E-state index contributed by atoms with van der Waals surface area (Å²) in [5.74, 6) is -0.0151. The second kappa shape index (κ2) is 7.34. The van der Waals surface area contributed by atoms with Gasteiger partial charge in [0, 0.05) is 5.92 Å². The van der Waals surface area contributed by atoms with Gasteiger partial charge in [0.25, 0.3) is 0 Å². The highest BCUT2D eigenvalue weighted by atomic mass is 14.3. The molecule has 0 rings (SSSR count). The summed E-state index contributed by atoms with van der Waals surface area (Å²) < 4.78 is 0. The van der Waals surface area contributed by atoms with Crippen LogP contribution in [0.2, 0.25) is 0 Å². The highest BCUT2D eigenvalue weighted by molar-refractivity contribution is 4.83. The largest absolute Gasteiger partial charge is 0.198 e. The molecule has 61 valence electrons. The minimum atomic E-state index is -0.0151. The van der Waals surface area contributed by atoms with E-state index in [2.05, 4.69) is 19.6 Å². The molecule has 0 aromatic carbocycles. The normalized spacial score (nSPS) is 12.0. The van der Waals surface area contributed by atoms with Crippen LogP contribution in [-0.4, -0.2) is 0 Å². The van der Waals surface area contributed by atoms with Gasteiger partial charge in [-0.3, -0.25) is 0 Å². The molecule has 0 aliphatic carbocycles. The summed E-state index contributed by atoms with van der Waals surface area (Å²) in [6, 6.07) is 2.12. The molecule has 1 heteroatoms. The highest BCUT2D eigenvalue weighted by Gasteiger charge is 1.97. The van der Waals surface area contributed by atoms with Crippen LogP contribution in [0.25, 0.3) is 0 Å². The smallest absolute Gasteiger partial charge is 0.0655 e. The molecule has 0 aromatic heterocycles. The lowest BCUT2D eigenvalue weighted by Gasteiger charge is -1.99. The van der Waals surface area contributed by atoms with Gasteiger partial charge < -0.3 is 0 Å². The first-order valence-electron chi connectivity index (χ1n) is 4.15. The minimum absolute atomic E-state index is 0.0151. The van der Waals surface area contributed by atoms with Gasteiger partial charge in [-0.05, 0) is 26.2 Å². The minimum Gasteiger partial charge on any atom is -0.198 e. The van der Waals surface area contributed by atoms with Crippen LogP contribution in [0.5, 0.6) is 0 Å².